The summed E-state index contributed by atoms with van der Waals surface area (Å²) in [5, 5.41) is 4.33. The molecule has 1 aliphatic rings. The maximum atomic E-state index is 14.3. The predicted octanol–water partition coefficient (Wildman–Crippen LogP) is 11.4. The van der Waals surface area contributed by atoms with E-state index >= 15 is 0 Å². The van der Waals surface area contributed by atoms with E-state index in [-0.39, 0.29) is 16.6 Å². The SMILES string of the molecule is CC(C)(C)CC(C)(C)c1ccc(Oc2cc(Nc3ccccc3)c3c4c(cc(-c5ccccc5)nc24)-c2ccccc2C3=O)cc1. The Balaban J connectivity index is 1.43. The summed E-state index contributed by atoms with van der Waals surface area (Å²) in [4.78, 5) is 19.4. The maximum absolute atomic E-state index is 14.3. The van der Waals surface area contributed by atoms with Crippen LogP contribution in [0.5, 0.6) is 11.5 Å². The fourth-order valence-corrected chi connectivity index (χ4v) is 7.02. The van der Waals surface area contributed by atoms with E-state index in [2.05, 4.69) is 70.3 Å². The Hall–Kier alpha value is -5.22. The molecular formula is C42H38N2O2. The van der Waals surface area contributed by atoms with E-state index in [9.17, 15) is 4.79 Å². The minimum absolute atomic E-state index is 0.0176. The average Bonchev–Trinajstić information content (AvgIpc) is 3.04. The summed E-state index contributed by atoms with van der Waals surface area (Å²) in [6.45, 7) is 11.4. The van der Waals surface area contributed by atoms with Crippen LogP contribution < -0.4 is 10.1 Å². The molecule has 1 heterocycles. The van der Waals surface area contributed by atoms with Gasteiger partial charge < -0.3 is 10.1 Å². The Morgan fingerprint density at radius 3 is 2.00 bits per heavy atom. The second kappa shape index (κ2) is 11.3. The third kappa shape index (κ3) is 5.56. The van der Waals surface area contributed by atoms with Crippen LogP contribution in [0.25, 0.3) is 33.3 Å². The number of aromatic nitrogens is 1. The van der Waals surface area contributed by atoms with Crippen molar-refractivity contribution in [1.29, 1.82) is 0 Å². The molecule has 6 aromatic rings. The minimum atomic E-state index is -0.0298. The van der Waals surface area contributed by atoms with Crippen molar-refractivity contribution in [3.05, 3.63) is 138 Å². The summed E-state index contributed by atoms with van der Waals surface area (Å²) in [6.07, 6.45) is 1.06. The monoisotopic (exact) mass is 602 g/mol. The summed E-state index contributed by atoms with van der Waals surface area (Å²) < 4.78 is 6.72. The summed E-state index contributed by atoms with van der Waals surface area (Å²) in [5.41, 5.74) is 8.70. The lowest BCUT2D eigenvalue weighted by Gasteiger charge is -2.33. The first kappa shape index (κ1) is 29.5. The van der Waals surface area contributed by atoms with Crippen LogP contribution in [0.1, 0.15) is 62.5 Å². The van der Waals surface area contributed by atoms with Crippen molar-refractivity contribution in [2.45, 2.75) is 46.5 Å². The number of carbonyl (C=O) groups excluding carboxylic acids is 1. The van der Waals surface area contributed by atoms with Gasteiger partial charge in [-0.3, -0.25) is 4.79 Å². The zero-order chi connectivity index (χ0) is 32.1. The van der Waals surface area contributed by atoms with Gasteiger partial charge in [-0.05, 0) is 64.3 Å². The highest BCUT2D eigenvalue weighted by Gasteiger charge is 2.31. The standard InChI is InChI=1S/C42H38N2O2/c1-41(2,3)26-42(4,5)28-20-22-30(23-21-28)46-36-25-35(43-29-16-10-7-11-17-29)38-37-33(31-18-12-13-19-32(31)40(38)45)24-34(44-39(36)37)27-14-8-6-9-15-27/h6-25,43H,26H2,1-5H3. The van der Waals surface area contributed by atoms with Crippen LogP contribution >= 0.6 is 0 Å². The van der Waals surface area contributed by atoms with Crippen LogP contribution in [0.15, 0.2) is 121 Å². The highest BCUT2D eigenvalue weighted by atomic mass is 16.5. The zero-order valence-electron chi connectivity index (χ0n) is 27.0. The smallest absolute Gasteiger partial charge is 0.196 e. The molecule has 0 aliphatic heterocycles. The van der Waals surface area contributed by atoms with Gasteiger partial charge in [-0.2, -0.15) is 0 Å². The number of benzene rings is 5. The Morgan fingerprint density at radius 2 is 1.33 bits per heavy atom. The van der Waals surface area contributed by atoms with Crippen molar-refractivity contribution in [2.24, 2.45) is 5.41 Å². The number of anilines is 2. The molecule has 46 heavy (non-hydrogen) atoms. The Kier molecular flexibility index (Phi) is 7.24. The number of carbonyl (C=O) groups is 1. The molecule has 4 nitrogen and oxygen atoms in total. The second-order valence-electron chi connectivity index (χ2n) is 14.1. The summed E-state index contributed by atoms with van der Waals surface area (Å²) in [6, 6.07) is 40.4. The van der Waals surface area contributed by atoms with Gasteiger partial charge in [-0.15, -0.1) is 0 Å². The molecule has 4 heteroatoms. The Bertz CT molecular complexity index is 2070. The van der Waals surface area contributed by atoms with Gasteiger partial charge in [0.25, 0.3) is 0 Å². The largest absolute Gasteiger partial charge is 0.455 e. The molecule has 0 bridgehead atoms. The van der Waals surface area contributed by atoms with Gasteiger partial charge in [0.05, 0.1) is 16.9 Å². The third-order valence-electron chi connectivity index (χ3n) is 8.69. The molecule has 0 spiro atoms. The molecule has 0 amide bonds. The highest BCUT2D eigenvalue weighted by Crippen LogP contribution is 2.48. The van der Waals surface area contributed by atoms with Gasteiger partial charge >= 0.3 is 0 Å². The summed E-state index contributed by atoms with van der Waals surface area (Å²) in [5.74, 6) is 1.27. The lowest BCUT2D eigenvalue weighted by molar-refractivity contribution is 0.104. The molecular weight excluding hydrogens is 564 g/mol. The lowest BCUT2D eigenvalue weighted by Crippen LogP contribution is -2.24. The van der Waals surface area contributed by atoms with E-state index in [0.29, 0.717) is 33.8 Å². The van der Waals surface area contributed by atoms with E-state index in [1.807, 2.05) is 91.0 Å². The first-order valence-corrected chi connectivity index (χ1v) is 15.9. The fourth-order valence-electron chi connectivity index (χ4n) is 7.02. The molecule has 5 aromatic carbocycles. The average molecular weight is 603 g/mol. The first-order chi connectivity index (χ1) is 22.1. The number of fused-ring (bicyclic) bond motifs is 2. The molecule has 0 saturated heterocycles. The molecule has 228 valence electrons. The van der Waals surface area contributed by atoms with Gasteiger partial charge in [0, 0.05) is 28.3 Å². The van der Waals surface area contributed by atoms with E-state index < -0.39 is 0 Å². The van der Waals surface area contributed by atoms with Crippen LogP contribution in [0, 0.1) is 5.41 Å². The molecule has 1 aliphatic carbocycles. The van der Waals surface area contributed by atoms with Crippen LogP contribution in [0.2, 0.25) is 0 Å². The van der Waals surface area contributed by atoms with Crippen molar-refractivity contribution in [3.8, 4) is 33.9 Å². The van der Waals surface area contributed by atoms with E-state index in [1.54, 1.807) is 0 Å². The number of rotatable bonds is 7. The summed E-state index contributed by atoms with van der Waals surface area (Å²) in [7, 11) is 0. The number of hydrogen-bond acceptors (Lipinski definition) is 4. The van der Waals surface area contributed by atoms with E-state index in [0.717, 1.165) is 39.9 Å². The molecule has 0 fully saturated rings. The summed E-state index contributed by atoms with van der Waals surface area (Å²) >= 11 is 0. The molecule has 0 atom stereocenters. The van der Waals surface area contributed by atoms with Crippen LogP contribution in [0.4, 0.5) is 11.4 Å². The highest BCUT2D eigenvalue weighted by molar-refractivity contribution is 6.29. The Morgan fingerprint density at radius 1 is 0.696 bits per heavy atom. The van der Waals surface area contributed by atoms with Gasteiger partial charge in [0.1, 0.15) is 11.3 Å². The number of nitrogens with one attached hydrogen (secondary N) is 1. The molecule has 7 rings (SSSR count). The van der Waals surface area contributed by atoms with E-state index in [4.69, 9.17) is 9.72 Å². The normalized spacial score (nSPS) is 12.6. The molecule has 0 unspecified atom stereocenters. The maximum Gasteiger partial charge on any atom is 0.196 e. The molecule has 1 aromatic heterocycles. The Labute approximate surface area is 271 Å². The lowest BCUT2D eigenvalue weighted by atomic mass is 9.72. The van der Waals surface area contributed by atoms with Crippen molar-refractivity contribution in [1.82, 2.24) is 4.98 Å². The number of ether oxygens (including phenoxy) is 1. The van der Waals surface area contributed by atoms with Crippen LogP contribution in [0.3, 0.4) is 0 Å². The van der Waals surface area contributed by atoms with Gasteiger partial charge in [0.15, 0.2) is 11.5 Å². The minimum Gasteiger partial charge on any atom is -0.455 e. The van der Waals surface area contributed by atoms with Crippen molar-refractivity contribution in [3.63, 3.8) is 0 Å². The number of nitrogens with zero attached hydrogens (tertiary/aromatic N) is 1. The van der Waals surface area contributed by atoms with E-state index in [1.165, 1.54) is 5.56 Å². The third-order valence-corrected chi connectivity index (χ3v) is 8.69. The van der Waals surface area contributed by atoms with Crippen molar-refractivity contribution in [2.75, 3.05) is 5.32 Å². The number of para-hydroxylation sites is 1. The number of hydrogen-bond donors (Lipinski definition) is 1. The van der Waals surface area contributed by atoms with Crippen molar-refractivity contribution < 1.29 is 9.53 Å². The van der Waals surface area contributed by atoms with Crippen LogP contribution in [-0.2, 0) is 5.41 Å². The van der Waals surface area contributed by atoms with Gasteiger partial charge in [0.2, 0.25) is 0 Å². The quantitative estimate of drug-likeness (QED) is 0.197. The zero-order valence-corrected chi connectivity index (χ0v) is 27.0. The fraction of sp³-hybridized carbons (Fsp3) is 0.190. The topological polar surface area (TPSA) is 51.2 Å². The van der Waals surface area contributed by atoms with Crippen LogP contribution in [-0.4, -0.2) is 10.8 Å². The molecule has 0 radical (unpaired) electrons. The second-order valence-corrected chi connectivity index (χ2v) is 14.1. The van der Waals surface area contributed by atoms with Gasteiger partial charge in [-0.25, -0.2) is 4.98 Å². The molecule has 0 saturated carbocycles. The van der Waals surface area contributed by atoms with Crippen molar-refractivity contribution >= 4 is 28.1 Å². The number of pyridine rings is 1. The first-order valence-electron chi connectivity index (χ1n) is 15.9. The predicted molar refractivity (Wildman–Crippen MR) is 189 cm³/mol. The van der Waals surface area contributed by atoms with Gasteiger partial charge in [-0.1, -0.05) is 120 Å². The molecule has 1 N–H and O–H groups in total. The number of ketones is 1.